The summed E-state index contributed by atoms with van der Waals surface area (Å²) >= 11 is 6.54. The van der Waals surface area contributed by atoms with Gasteiger partial charge >= 0.3 is 0 Å². The van der Waals surface area contributed by atoms with Gasteiger partial charge in [0.25, 0.3) is 0 Å². The van der Waals surface area contributed by atoms with E-state index in [0.717, 1.165) is 41.4 Å². The zero-order valence-electron chi connectivity index (χ0n) is 14.7. The number of amides is 1. The Labute approximate surface area is 167 Å². The van der Waals surface area contributed by atoms with Gasteiger partial charge in [0.15, 0.2) is 11.6 Å². The van der Waals surface area contributed by atoms with Gasteiger partial charge in [-0.2, -0.15) is 5.10 Å². The van der Waals surface area contributed by atoms with Crippen molar-refractivity contribution in [3.05, 3.63) is 46.8 Å². The molecular formula is C18H18Cl2N6O. The minimum atomic E-state index is 0. The summed E-state index contributed by atoms with van der Waals surface area (Å²) in [5.74, 6) is 1.55. The molecule has 5 rings (SSSR count). The molecule has 9 heteroatoms. The number of halogens is 2. The lowest BCUT2D eigenvalue weighted by molar-refractivity contribution is -0.128. The zero-order valence-corrected chi connectivity index (χ0v) is 16.3. The van der Waals surface area contributed by atoms with Gasteiger partial charge in [-0.05, 0) is 25.5 Å². The Balaban J connectivity index is 0.00000180. The van der Waals surface area contributed by atoms with Crippen LogP contribution < -0.4 is 0 Å². The average molecular weight is 405 g/mol. The van der Waals surface area contributed by atoms with Crippen molar-refractivity contribution in [2.75, 3.05) is 6.54 Å². The van der Waals surface area contributed by atoms with Crippen LogP contribution in [0, 0.1) is 6.92 Å². The van der Waals surface area contributed by atoms with Crippen LogP contribution in [0.15, 0.2) is 24.5 Å². The fourth-order valence-electron chi connectivity index (χ4n) is 3.73. The number of carbonyl (C=O) groups excluding carboxylic acids is 1. The highest BCUT2D eigenvalue weighted by atomic mass is 35.5. The molecule has 0 spiro atoms. The number of benzene rings is 1. The molecule has 0 radical (unpaired) electrons. The maximum Gasteiger partial charge on any atom is 0.223 e. The summed E-state index contributed by atoms with van der Waals surface area (Å²) < 4.78 is 3.92. The van der Waals surface area contributed by atoms with E-state index in [2.05, 4.69) is 14.6 Å². The summed E-state index contributed by atoms with van der Waals surface area (Å²) in [6.45, 7) is 3.76. The highest BCUT2D eigenvalue weighted by Gasteiger charge is 2.27. The molecule has 2 aliphatic rings. The van der Waals surface area contributed by atoms with Crippen molar-refractivity contribution in [3.63, 3.8) is 0 Å². The van der Waals surface area contributed by atoms with Gasteiger partial charge < -0.3 is 9.47 Å². The van der Waals surface area contributed by atoms with Crippen molar-refractivity contribution in [3.8, 4) is 17.1 Å². The third kappa shape index (κ3) is 2.82. The van der Waals surface area contributed by atoms with Crippen LogP contribution in [0.5, 0.6) is 0 Å². The molecule has 2 aliphatic heterocycles. The largest absolute Gasteiger partial charge is 0.335 e. The SMILES string of the molecule is Cc1ncn2c1Cn1nc(CN3CCCC3=O)nc1-c1c(Cl)cccc1-2.Cl. The quantitative estimate of drug-likeness (QED) is 0.514. The van der Waals surface area contributed by atoms with Crippen LogP contribution in [0.1, 0.15) is 30.1 Å². The van der Waals surface area contributed by atoms with Crippen molar-refractivity contribution in [1.82, 2.24) is 29.2 Å². The van der Waals surface area contributed by atoms with E-state index in [1.54, 1.807) is 0 Å². The second kappa shape index (κ2) is 6.65. The third-order valence-corrected chi connectivity index (χ3v) is 5.38. The maximum atomic E-state index is 11.9. The van der Waals surface area contributed by atoms with E-state index in [9.17, 15) is 4.79 Å². The van der Waals surface area contributed by atoms with Crippen LogP contribution >= 0.6 is 24.0 Å². The van der Waals surface area contributed by atoms with Gasteiger partial charge in [-0.1, -0.05) is 17.7 Å². The summed E-state index contributed by atoms with van der Waals surface area (Å²) in [5, 5.41) is 5.30. The van der Waals surface area contributed by atoms with E-state index in [-0.39, 0.29) is 18.3 Å². The standard InChI is InChI=1S/C18H17ClN6O.ClH/c1-11-14-8-25-18(21-15(22-25)9-23-7-3-6-16(23)26)17-12(19)4-2-5-13(17)24(14)10-20-11;/h2,4-5,10H,3,6-9H2,1H3;1H. The van der Waals surface area contributed by atoms with Gasteiger partial charge in [0.2, 0.25) is 5.91 Å². The lowest BCUT2D eigenvalue weighted by atomic mass is 10.1. The highest BCUT2D eigenvalue weighted by molar-refractivity contribution is 6.33. The number of fused-ring (bicyclic) bond motifs is 5. The molecule has 1 aromatic carbocycles. The molecular weight excluding hydrogens is 387 g/mol. The summed E-state index contributed by atoms with van der Waals surface area (Å²) in [6, 6.07) is 5.80. The molecule has 0 saturated carbocycles. The predicted molar refractivity (Wildman–Crippen MR) is 103 cm³/mol. The van der Waals surface area contributed by atoms with E-state index in [1.165, 1.54) is 0 Å². The predicted octanol–water partition coefficient (Wildman–Crippen LogP) is 3.00. The zero-order chi connectivity index (χ0) is 17.8. The van der Waals surface area contributed by atoms with Crippen LogP contribution in [-0.4, -0.2) is 41.7 Å². The normalized spacial score (nSPS) is 15.0. The molecule has 4 heterocycles. The number of hydrogen-bond donors (Lipinski definition) is 0. The van der Waals surface area contributed by atoms with E-state index < -0.39 is 0 Å². The Kier molecular flexibility index (Phi) is 4.44. The minimum Gasteiger partial charge on any atom is -0.335 e. The maximum absolute atomic E-state index is 11.9. The van der Waals surface area contributed by atoms with Gasteiger partial charge in [-0.3, -0.25) is 4.79 Å². The van der Waals surface area contributed by atoms with Crippen molar-refractivity contribution in [2.24, 2.45) is 0 Å². The fraction of sp³-hybridized carbons (Fsp3) is 0.333. The Hall–Kier alpha value is -2.38. The molecule has 0 atom stereocenters. The second-order valence-electron chi connectivity index (χ2n) is 6.71. The van der Waals surface area contributed by atoms with Crippen molar-refractivity contribution in [1.29, 1.82) is 0 Å². The average Bonchev–Trinajstić information content (AvgIpc) is 3.28. The molecule has 0 bridgehead atoms. The number of imidazole rings is 1. The summed E-state index contributed by atoms with van der Waals surface area (Å²) in [4.78, 5) is 22.9. The number of likely N-dealkylation sites (tertiary alicyclic amines) is 1. The summed E-state index contributed by atoms with van der Waals surface area (Å²) in [5.41, 5.74) is 3.80. The van der Waals surface area contributed by atoms with Crippen LogP contribution in [0.4, 0.5) is 0 Å². The highest BCUT2D eigenvalue weighted by Crippen LogP contribution is 2.36. The topological polar surface area (TPSA) is 68.8 Å². The second-order valence-corrected chi connectivity index (χ2v) is 7.12. The first kappa shape index (κ1) is 18.0. The molecule has 27 heavy (non-hydrogen) atoms. The van der Waals surface area contributed by atoms with Crippen molar-refractivity contribution in [2.45, 2.75) is 32.9 Å². The lowest BCUT2D eigenvalue weighted by Crippen LogP contribution is -2.24. The van der Waals surface area contributed by atoms with Gasteiger partial charge in [-0.25, -0.2) is 14.6 Å². The minimum absolute atomic E-state index is 0. The first-order chi connectivity index (χ1) is 12.6. The monoisotopic (exact) mass is 404 g/mol. The number of nitrogens with zero attached hydrogens (tertiary/aromatic N) is 6. The number of hydrogen-bond acceptors (Lipinski definition) is 4. The van der Waals surface area contributed by atoms with E-state index in [0.29, 0.717) is 30.4 Å². The van der Waals surface area contributed by atoms with Gasteiger partial charge in [-0.15, -0.1) is 12.4 Å². The molecule has 3 aromatic rings. The van der Waals surface area contributed by atoms with E-state index >= 15 is 0 Å². The van der Waals surface area contributed by atoms with Crippen LogP contribution in [-0.2, 0) is 17.9 Å². The van der Waals surface area contributed by atoms with Gasteiger partial charge in [0.05, 0.1) is 47.1 Å². The van der Waals surface area contributed by atoms with Crippen LogP contribution in [0.3, 0.4) is 0 Å². The molecule has 140 valence electrons. The first-order valence-electron chi connectivity index (χ1n) is 8.65. The Morgan fingerprint density at radius 3 is 2.93 bits per heavy atom. The number of aryl methyl sites for hydroxylation is 1. The molecule has 1 saturated heterocycles. The molecule has 1 fully saturated rings. The van der Waals surface area contributed by atoms with Crippen molar-refractivity contribution < 1.29 is 4.79 Å². The molecule has 2 aromatic heterocycles. The third-order valence-electron chi connectivity index (χ3n) is 5.07. The summed E-state index contributed by atoms with van der Waals surface area (Å²) in [7, 11) is 0. The number of aromatic nitrogens is 5. The fourth-order valence-corrected chi connectivity index (χ4v) is 3.98. The van der Waals surface area contributed by atoms with Crippen LogP contribution in [0.2, 0.25) is 5.02 Å². The van der Waals surface area contributed by atoms with E-state index in [4.69, 9.17) is 16.6 Å². The Bertz CT molecular complexity index is 1040. The molecule has 0 aliphatic carbocycles. The number of rotatable bonds is 2. The molecule has 0 unspecified atom stereocenters. The number of carbonyl (C=O) groups is 1. The molecule has 0 N–H and O–H groups in total. The first-order valence-corrected chi connectivity index (χ1v) is 9.03. The Morgan fingerprint density at radius 1 is 1.30 bits per heavy atom. The Morgan fingerprint density at radius 2 is 2.15 bits per heavy atom. The van der Waals surface area contributed by atoms with Crippen LogP contribution in [0.25, 0.3) is 17.1 Å². The lowest BCUT2D eigenvalue weighted by Gasteiger charge is -2.12. The smallest absolute Gasteiger partial charge is 0.223 e. The van der Waals surface area contributed by atoms with E-state index in [1.807, 2.05) is 41.0 Å². The van der Waals surface area contributed by atoms with Gasteiger partial charge in [0, 0.05) is 13.0 Å². The summed E-state index contributed by atoms with van der Waals surface area (Å²) in [6.07, 6.45) is 3.33. The molecule has 7 nitrogen and oxygen atoms in total. The molecule has 1 amide bonds. The van der Waals surface area contributed by atoms with Crippen molar-refractivity contribution >= 4 is 29.9 Å². The van der Waals surface area contributed by atoms with Gasteiger partial charge in [0.1, 0.15) is 0 Å².